The van der Waals surface area contributed by atoms with Crippen LogP contribution >= 0.6 is 0 Å². The summed E-state index contributed by atoms with van der Waals surface area (Å²) in [7, 11) is 0. The number of aliphatic imine (C=N–C) groups is 1. The number of pyridine rings is 1. The zero-order valence-corrected chi connectivity index (χ0v) is 14.9. The molecule has 2 rings (SSSR count). The number of benzene rings is 1. The van der Waals surface area contributed by atoms with E-state index in [1.807, 2.05) is 32.9 Å². The van der Waals surface area contributed by atoms with Gasteiger partial charge in [-0.2, -0.15) is 0 Å². The summed E-state index contributed by atoms with van der Waals surface area (Å²) in [6.07, 6.45) is 1.68. The Balaban J connectivity index is 1.88. The zero-order chi connectivity index (χ0) is 18.1. The van der Waals surface area contributed by atoms with Crippen LogP contribution in [0.25, 0.3) is 0 Å². The molecule has 1 unspecified atom stereocenters. The molecule has 6 heteroatoms. The number of nitrogens with zero attached hydrogens (tertiary/aromatic N) is 2. The molecule has 25 heavy (non-hydrogen) atoms. The van der Waals surface area contributed by atoms with Crippen LogP contribution in [0.4, 0.5) is 4.39 Å². The Morgan fingerprint density at radius 3 is 2.68 bits per heavy atom. The summed E-state index contributed by atoms with van der Waals surface area (Å²) in [5, 5.41) is 6.46. The van der Waals surface area contributed by atoms with Crippen molar-refractivity contribution in [1.82, 2.24) is 15.6 Å². The minimum absolute atomic E-state index is 0.0918. The van der Waals surface area contributed by atoms with Crippen LogP contribution in [0.1, 0.15) is 25.1 Å². The van der Waals surface area contributed by atoms with E-state index in [0.717, 1.165) is 17.8 Å². The smallest absolute Gasteiger partial charge is 0.191 e. The van der Waals surface area contributed by atoms with Gasteiger partial charge in [-0.3, -0.25) is 4.98 Å². The molecule has 1 aromatic heterocycles. The summed E-state index contributed by atoms with van der Waals surface area (Å²) in [5.41, 5.74) is 2.07. The monoisotopic (exact) mass is 344 g/mol. The number of ether oxygens (including phenoxy) is 1. The molecule has 2 N–H and O–H groups in total. The molecular weight excluding hydrogens is 319 g/mol. The fourth-order valence-electron chi connectivity index (χ4n) is 2.21. The number of aromatic nitrogens is 1. The van der Waals surface area contributed by atoms with Crippen molar-refractivity contribution < 1.29 is 9.13 Å². The van der Waals surface area contributed by atoms with Crippen molar-refractivity contribution in [1.29, 1.82) is 0 Å². The number of hydrogen-bond acceptors (Lipinski definition) is 3. The van der Waals surface area contributed by atoms with Gasteiger partial charge in [0.2, 0.25) is 0 Å². The highest BCUT2D eigenvalue weighted by atomic mass is 19.1. The van der Waals surface area contributed by atoms with Crippen molar-refractivity contribution in [3.05, 3.63) is 59.7 Å². The van der Waals surface area contributed by atoms with E-state index >= 15 is 0 Å². The van der Waals surface area contributed by atoms with Gasteiger partial charge in [-0.1, -0.05) is 6.07 Å². The molecule has 0 amide bonds. The normalized spacial score (nSPS) is 12.6. The second-order valence-corrected chi connectivity index (χ2v) is 5.73. The fraction of sp³-hybridized carbons (Fsp3) is 0.368. The molecule has 0 bridgehead atoms. The summed E-state index contributed by atoms with van der Waals surface area (Å²) < 4.78 is 18.7. The average molecular weight is 344 g/mol. The SMILES string of the molecule is CCNC(=NCc1ncccc1C)NCC(C)Oc1ccc(F)cc1. The second kappa shape index (κ2) is 9.61. The Bertz CT molecular complexity index is 688. The van der Waals surface area contributed by atoms with Crippen molar-refractivity contribution in [2.45, 2.75) is 33.4 Å². The van der Waals surface area contributed by atoms with Gasteiger partial charge in [0, 0.05) is 12.7 Å². The zero-order valence-electron chi connectivity index (χ0n) is 14.9. The van der Waals surface area contributed by atoms with Crippen LogP contribution in [0.5, 0.6) is 5.75 Å². The molecular formula is C19H25FN4O. The fourth-order valence-corrected chi connectivity index (χ4v) is 2.21. The molecule has 0 aliphatic carbocycles. The molecule has 1 heterocycles. The average Bonchev–Trinajstić information content (AvgIpc) is 2.60. The summed E-state index contributed by atoms with van der Waals surface area (Å²) in [6.45, 7) is 7.83. The van der Waals surface area contributed by atoms with Crippen LogP contribution in [-0.2, 0) is 6.54 Å². The standard InChI is InChI=1S/C19H25FN4O/c1-4-21-19(24-13-18-14(2)6-5-11-22-18)23-12-15(3)25-17-9-7-16(20)8-10-17/h5-11,15H,4,12-13H2,1-3H3,(H2,21,23,24). The minimum atomic E-state index is -0.274. The lowest BCUT2D eigenvalue weighted by atomic mass is 10.2. The van der Waals surface area contributed by atoms with Crippen LogP contribution in [-0.4, -0.2) is 30.1 Å². The maximum Gasteiger partial charge on any atom is 0.191 e. The van der Waals surface area contributed by atoms with Crippen LogP contribution in [0, 0.1) is 12.7 Å². The van der Waals surface area contributed by atoms with Crippen molar-refractivity contribution in [2.75, 3.05) is 13.1 Å². The highest BCUT2D eigenvalue weighted by molar-refractivity contribution is 5.79. The molecule has 134 valence electrons. The van der Waals surface area contributed by atoms with E-state index in [1.165, 1.54) is 12.1 Å². The molecule has 0 aliphatic rings. The third-order valence-electron chi connectivity index (χ3n) is 3.56. The number of halogens is 1. The van der Waals surface area contributed by atoms with E-state index in [-0.39, 0.29) is 11.9 Å². The van der Waals surface area contributed by atoms with E-state index in [1.54, 1.807) is 18.3 Å². The van der Waals surface area contributed by atoms with E-state index in [0.29, 0.717) is 24.8 Å². The predicted octanol–water partition coefficient (Wildman–Crippen LogP) is 3.05. The van der Waals surface area contributed by atoms with Crippen molar-refractivity contribution in [3.63, 3.8) is 0 Å². The maximum atomic E-state index is 12.9. The number of aryl methyl sites for hydroxylation is 1. The van der Waals surface area contributed by atoms with Crippen LogP contribution in [0.15, 0.2) is 47.6 Å². The van der Waals surface area contributed by atoms with E-state index in [9.17, 15) is 4.39 Å². The van der Waals surface area contributed by atoms with Gasteiger partial charge < -0.3 is 15.4 Å². The largest absolute Gasteiger partial charge is 0.489 e. The second-order valence-electron chi connectivity index (χ2n) is 5.73. The van der Waals surface area contributed by atoms with Crippen LogP contribution in [0.3, 0.4) is 0 Å². The van der Waals surface area contributed by atoms with E-state index in [4.69, 9.17) is 4.74 Å². The number of nitrogens with one attached hydrogen (secondary N) is 2. The summed E-state index contributed by atoms with van der Waals surface area (Å²) in [6, 6.07) is 9.95. The number of guanidine groups is 1. The molecule has 0 fully saturated rings. The molecule has 0 radical (unpaired) electrons. The first-order valence-electron chi connectivity index (χ1n) is 8.43. The van der Waals surface area contributed by atoms with Crippen LogP contribution in [0.2, 0.25) is 0 Å². The lowest BCUT2D eigenvalue weighted by molar-refractivity contribution is 0.223. The van der Waals surface area contributed by atoms with E-state index in [2.05, 4.69) is 20.6 Å². The van der Waals surface area contributed by atoms with E-state index < -0.39 is 0 Å². The first-order chi connectivity index (χ1) is 12.1. The van der Waals surface area contributed by atoms with Crippen LogP contribution < -0.4 is 15.4 Å². The maximum absolute atomic E-state index is 12.9. The minimum Gasteiger partial charge on any atom is -0.489 e. The van der Waals surface area contributed by atoms with Gasteiger partial charge in [0.1, 0.15) is 17.7 Å². The Hall–Kier alpha value is -2.63. The van der Waals surface area contributed by atoms with Gasteiger partial charge in [-0.05, 0) is 56.7 Å². The Kier molecular flexibility index (Phi) is 7.19. The molecule has 5 nitrogen and oxygen atoms in total. The molecule has 1 aromatic carbocycles. The Morgan fingerprint density at radius 2 is 2.00 bits per heavy atom. The topological polar surface area (TPSA) is 58.5 Å². The molecule has 0 spiro atoms. The third kappa shape index (κ3) is 6.41. The number of hydrogen-bond donors (Lipinski definition) is 2. The highest BCUT2D eigenvalue weighted by Crippen LogP contribution is 2.12. The number of rotatable bonds is 7. The van der Waals surface area contributed by atoms with Gasteiger partial charge in [0.05, 0.1) is 18.8 Å². The Labute approximate surface area is 148 Å². The van der Waals surface area contributed by atoms with Gasteiger partial charge in [0.15, 0.2) is 5.96 Å². The summed E-state index contributed by atoms with van der Waals surface area (Å²) >= 11 is 0. The highest BCUT2D eigenvalue weighted by Gasteiger charge is 2.06. The van der Waals surface area contributed by atoms with Gasteiger partial charge in [-0.25, -0.2) is 9.38 Å². The summed E-state index contributed by atoms with van der Waals surface area (Å²) in [4.78, 5) is 8.91. The molecule has 0 saturated carbocycles. The molecule has 1 atom stereocenters. The van der Waals surface area contributed by atoms with Crippen molar-refractivity contribution in [2.24, 2.45) is 4.99 Å². The van der Waals surface area contributed by atoms with Crippen molar-refractivity contribution in [3.8, 4) is 5.75 Å². The molecule has 0 saturated heterocycles. The molecule has 2 aromatic rings. The quantitative estimate of drug-likeness (QED) is 0.599. The predicted molar refractivity (Wildman–Crippen MR) is 98.3 cm³/mol. The molecule has 0 aliphatic heterocycles. The lowest BCUT2D eigenvalue weighted by Gasteiger charge is -2.17. The van der Waals surface area contributed by atoms with Gasteiger partial charge >= 0.3 is 0 Å². The first kappa shape index (κ1) is 18.7. The van der Waals surface area contributed by atoms with Crippen molar-refractivity contribution >= 4 is 5.96 Å². The van der Waals surface area contributed by atoms with Gasteiger partial charge in [0.25, 0.3) is 0 Å². The Morgan fingerprint density at radius 1 is 1.24 bits per heavy atom. The summed E-state index contributed by atoms with van der Waals surface area (Å²) in [5.74, 6) is 1.08. The lowest BCUT2D eigenvalue weighted by Crippen LogP contribution is -2.41. The first-order valence-corrected chi connectivity index (χ1v) is 8.43. The van der Waals surface area contributed by atoms with Gasteiger partial charge in [-0.15, -0.1) is 0 Å². The third-order valence-corrected chi connectivity index (χ3v) is 3.56.